The highest BCUT2D eigenvalue weighted by molar-refractivity contribution is 7.18. The zero-order chi connectivity index (χ0) is 18.8. The average Bonchev–Trinajstić information content (AvgIpc) is 3.05. The highest BCUT2D eigenvalue weighted by Gasteiger charge is 2.23. The molecule has 4 rings (SSSR count). The van der Waals surface area contributed by atoms with Crippen molar-refractivity contribution in [2.75, 3.05) is 6.61 Å². The highest BCUT2D eigenvalue weighted by atomic mass is 32.1. The number of hydrogen-bond acceptors (Lipinski definition) is 6. The van der Waals surface area contributed by atoms with Crippen molar-refractivity contribution in [3.63, 3.8) is 0 Å². The number of pyridine rings is 1. The molecule has 0 saturated carbocycles. The van der Waals surface area contributed by atoms with E-state index in [1.54, 1.807) is 23.7 Å². The molecule has 0 fully saturated rings. The van der Waals surface area contributed by atoms with Crippen LogP contribution in [0.1, 0.15) is 43.6 Å². The molecule has 27 heavy (non-hydrogen) atoms. The van der Waals surface area contributed by atoms with E-state index in [-0.39, 0.29) is 6.04 Å². The third kappa shape index (κ3) is 3.96. The van der Waals surface area contributed by atoms with E-state index < -0.39 is 0 Å². The lowest BCUT2D eigenvalue weighted by Gasteiger charge is -2.16. The molecule has 1 unspecified atom stereocenters. The summed E-state index contributed by atoms with van der Waals surface area (Å²) in [5, 5.41) is 1.10. The minimum Gasteiger partial charge on any atom is -0.475 e. The number of ether oxygens (including phenoxy) is 1. The van der Waals surface area contributed by atoms with Crippen LogP contribution in [0, 0.1) is 5.92 Å². The molecule has 0 aromatic carbocycles. The first kappa shape index (κ1) is 18.3. The van der Waals surface area contributed by atoms with Crippen molar-refractivity contribution in [2.24, 2.45) is 11.7 Å². The molecule has 142 valence electrons. The summed E-state index contributed by atoms with van der Waals surface area (Å²) in [6.45, 7) is 4.84. The summed E-state index contributed by atoms with van der Waals surface area (Å²) in [6, 6.07) is 3.88. The van der Waals surface area contributed by atoms with Gasteiger partial charge in [0.05, 0.1) is 5.39 Å². The van der Waals surface area contributed by atoms with Crippen molar-refractivity contribution in [1.82, 2.24) is 15.0 Å². The molecule has 0 saturated heterocycles. The van der Waals surface area contributed by atoms with E-state index in [2.05, 4.69) is 18.8 Å². The molecule has 5 nitrogen and oxygen atoms in total. The Balaban J connectivity index is 1.75. The van der Waals surface area contributed by atoms with Crippen molar-refractivity contribution in [3.05, 3.63) is 35.0 Å². The number of aryl methyl sites for hydroxylation is 2. The minimum atomic E-state index is 0.00820. The van der Waals surface area contributed by atoms with Crippen molar-refractivity contribution >= 4 is 21.6 Å². The summed E-state index contributed by atoms with van der Waals surface area (Å²) in [4.78, 5) is 16.2. The number of nitrogens with zero attached hydrogens (tertiary/aromatic N) is 3. The summed E-state index contributed by atoms with van der Waals surface area (Å²) in [6.07, 6.45) is 9.15. The Morgan fingerprint density at radius 1 is 1.15 bits per heavy atom. The van der Waals surface area contributed by atoms with E-state index in [0.717, 1.165) is 35.0 Å². The van der Waals surface area contributed by atoms with Crippen LogP contribution in [0.2, 0.25) is 0 Å². The van der Waals surface area contributed by atoms with Crippen molar-refractivity contribution in [3.8, 4) is 17.3 Å². The van der Waals surface area contributed by atoms with Crippen LogP contribution in [0.3, 0.4) is 0 Å². The summed E-state index contributed by atoms with van der Waals surface area (Å²) in [5.74, 6) is 1.93. The molecule has 0 radical (unpaired) electrons. The summed E-state index contributed by atoms with van der Waals surface area (Å²) < 4.78 is 6.18. The van der Waals surface area contributed by atoms with Gasteiger partial charge in [0.1, 0.15) is 11.4 Å². The fraction of sp³-hybridized carbons (Fsp3) is 0.476. The Kier molecular flexibility index (Phi) is 5.36. The SMILES string of the molecule is CC(C)CC(N)COc1nc(-c2ccncc2)nc2sc3c(c12)CCCC3. The number of aromatic nitrogens is 3. The predicted octanol–water partition coefficient (Wildman–Crippen LogP) is 4.38. The molecular weight excluding hydrogens is 356 g/mol. The van der Waals surface area contributed by atoms with Gasteiger partial charge in [0.2, 0.25) is 5.88 Å². The van der Waals surface area contributed by atoms with Crippen LogP contribution in [0.4, 0.5) is 0 Å². The quantitative estimate of drug-likeness (QED) is 0.685. The van der Waals surface area contributed by atoms with E-state index in [4.69, 9.17) is 20.4 Å². The third-order valence-electron chi connectivity index (χ3n) is 4.93. The number of rotatable bonds is 6. The van der Waals surface area contributed by atoms with Crippen LogP contribution in [0.15, 0.2) is 24.5 Å². The van der Waals surface area contributed by atoms with Gasteiger partial charge in [-0.05, 0) is 55.7 Å². The number of thiophene rings is 1. The fourth-order valence-electron chi connectivity index (χ4n) is 3.72. The van der Waals surface area contributed by atoms with Crippen LogP contribution in [-0.4, -0.2) is 27.6 Å². The molecule has 0 spiro atoms. The molecule has 0 bridgehead atoms. The van der Waals surface area contributed by atoms with Gasteiger partial charge in [-0.25, -0.2) is 4.98 Å². The normalized spacial score (nSPS) is 15.1. The maximum Gasteiger partial charge on any atom is 0.226 e. The van der Waals surface area contributed by atoms with Gasteiger partial charge in [-0.2, -0.15) is 4.98 Å². The molecule has 1 atom stereocenters. The van der Waals surface area contributed by atoms with E-state index >= 15 is 0 Å². The Bertz CT molecular complexity index is 923. The number of fused-ring (bicyclic) bond motifs is 3. The summed E-state index contributed by atoms with van der Waals surface area (Å²) in [5.41, 5.74) is 8.59. The average molecular weight is 383 g/mol. The molecule has 6 heteroatoms. The Labute approximate surface area is 164 Å². The molecular formula is C21H26N4OS. The van der Waals surface area contributed by atoms with Gasteiger partial charge in [0.25, 0.3) is 0 Å². The maximum absolute atomic E-state index is 6.25. The Morgan fingerprint density at radius 3 is 2.70 bits per heavy atom. The molecule has 0 aliphatic heterocycles. The molecule has 1 aliphatic rings. The van der Waals surface area contributed by atoms with Crippen molar-refractivity contribution < 1.29 is 4.74 Å². The van der Waals surface area contributed by atoms with Crippen molar-refractivity contribution in [2.45, 2.75) is 52.0 Å². The van der Waals surface area contributed by atoms with Crippen LogP contribution in [0.25, 0.3) is 21.6 Å². The molecule has 3 aromatic rings. The fourth-order valence-corrected chi connectivity index (χ4v) is 4.97. The van der Waals surface area contributed by atoms with Gasteiger partial charge in [0.15, 0.2) is 5.82 Å². The molecule has 3 heterocycles. The van der Waals surface area contributed by atoms with E-state index in [1.807, 2.05) is 12.1 Å². The lowest BCUT2D eigenvalue weighted by molar-refractivity contribution is 0.265. The topological polar surface area (TPSA) is 73.9 Å². The smallest absolute Gasteiger partial charge is 0.226 e. The van der Waals surface area contributed by atoms with Gasteiger partial charge in [-0.15, -0.1) is 11.3 Å². The lowest BCUT2D eigenvalue weighted by atomic mass is 9.97. The zero-order valence-corrected chi connectivity index (χ0v) is 16.8. The first-order valence-corrected chi connectivity index (χ1v) is 10.5. The van der Waals surface area contributed by atoms with Gasteiger partial charge < -0.3 is 10.5 Å². The first-order valence-electron chi connectivity index (χ1n) is 9.73. The van der Waals surface area contributed by atoms with Gasteiger partial charge in [-0.1, -0.05) is 13.8 Å². The first-order chi connectivity index (χ1) is 13.1. The summed E-state index contributed by atoms with van der Waals surface area (Å²) in [7, 11) is 0. The third-order valence-corrected chi connectivity index (χ3v) is 6.11. The van der Waals surface area contributed by atoms with E-state index in [1.165, 1.54) is 23.3 Å². The van der Waals surface area contributed by atoms with Crippen LogP contribution in [0.5, 0.6) is 5.88 Å². The Hall–Kier alpha value is -2.05. The van der Waals surface area contributed by atoms with Gasteiger partial charge in [-0.3, -0.25) is 4.98 Å². The molecule has 2 N–H and O–H groups in total. The summed E-state index contributed by atoms with van der Waals surface area (Å²) >= 11 is 1.79. The molecule has 3 aromatic heterocycles. The van der Waals surface area contributed by atoms with Crippen LogP contribution < -0.4 is 10.5 Å². The highest BCUT2D eigenvalue weighted by Crippen LogP contribution is 2.40. The molecule has 1 aliphatic carbocycles. The Morgan fingerprint density at radius 2 is 1.93 bits per heavy atom. The van der Waals surface area contributed by atoms with Gasteiger partial charge in [0, 0.05) is 28.9 Å². The largest absolute Gasteiger partial charge is 0.475 e. The maximum atomic E-state index is 6.25. The van der Waals surface area contributed by atoms with E-state index in [9.17, 15) is 0 Å². The predicted molar refractivity (Wildman–Crippen MR) is 110 cm³/mol. The van der Waals surface area contributed by atoms with Gasteiger partial charge >= 0.3 is 0 Å². The number of hydrogen-bond donors (Lipinski definition) is 1. The van der Waals surface area contributed by atoms with Crippen LogP contribution in [-0.2, 0) is 12.8 Å². The number of nitrogens with two attached hydrogens (primary N) is 1. The lowest BCUT2D eigenvalue weighted by Crippen LogP contribution is -2.29. The zero-order valence-electron chi connectivity index (χ0n) is 15.9. The van der Waals surface area contributed by atoms with Crippen LogP contribution >= 0.6 is 11.3 Å². The second kappa shape index (κ2) is 7.90. The standard InChI is InChI=1S/C21H26N4OS/c1-13(2)11-15(22)12-26-20-18-16-5-3-4-6-17(16)27-21(18)25-19(24-20)14-7-9-23-10-8-14/h7-10,13,15H,3-6,11-12,22H2,1-2H3. The minimum absolute atomic E-state index is 0.00820. The second-order valence-corrected chi connectivity index (χ2v) is 8.76. The molecule has 0 amide bonds. The second-order valence-electron chi connectivity index (χ2n) is 7.68. The monoisotopic (exact) mass is 382 g/mol. The van der Waals surface area contributed by atoms with Crippen molar-refractivity contribution in [1.29, 1.82) is 0 Å². The van der Waals surface area contributed by atoms with E-state index in [0.29, 0.717) is 24.2 Å².